The molecule has 4 nitrogen and oxygen atoms in total. The molecule has 0 saturated carbocycles. The Morgan fingerprint density at radius 2 is 2.11 bits per heavy atom. The molecule has 0 amide bonds. The van der Waals surface area contributed by atoms with Crippen LogP contribution in [0.5, 0.6) is 11.5 Å². The molecular formula is C14H20O4. The van der Waals surface area contributed by atoms with Crippen molar-refractivity contribution in [2.45, 2.75) is 39.2 Å². The summed E-state index contributed by atoms with van der Waals surface area (Å²) in [6.45, 7) is 3.93. The summed E-state index contributed by atoms with van der Waals surface area (Å²) in [4.78, 5) is 10.5. The third-order valence-electron chi connectivity index (χ3n) is 2.73. The summed E-state index contributed by atoms with van der Waals surface area (Å²) in [5.41, 5.74) is 1.18. The zero-order chi connectivity index (χ0) is 13.5. The lowest BCUT2D eigenvalue weighted by atomic mass is 10.1. The number of hydrogen-bond acceptors (Lipinski definition) is 3. The van der Waals surface area contributed by atoms with Crippen LogP contribution < -0.4 is 9.47 Å². The summed E-state index contributed by atoms with van der Waals surface area (Å²) in [6, 6.07) is 5.80. The van der Waals surface area contributed by atoms with Crippen LogP contribution in [0.15, 0.2) is 18.2 Å². The van der Waals surface area contributed by atoms with Gasteiger partial charge in [0, 0.05) is 6.42 Å². The van der Waals surface area contributed by atoms with Gasteiger partial charge in [0.05, 0.1) is 13.2 Å². The predicted octanol–water partition coefficient (Wildman–Crippen LogP) is 2.89. The van der Waals surface area contributed by atoms with Crippen molar-refractivity contribution in [2.75, 3.05) is 7.11 Å². The zero-order valence-electron chi connectivity index (χ0n) is 11.1. The van der Waals surface area contributed by atoms with E-state index in [9.17, 15) is 4.79 Å². The van der Waals surface area contributed by atoms with Gasteiger partial charge in [0.2, 0.25) is 0 Å². The van der Waals surface area contributed by atoms with Crippen LogP contribution in [0.2, 0.25) is 0 Å². The summed E-state index contributed by atoms with van der Waals surface area (Å²) in [5, 5.41) is 8.62. The van der Waals surface area contributed by atoms with E-state index in [1.807, 2.05) is 25.1 Å². The molecule has 0 aliphatic rings. The van der Waals surface area contributed by atoms with Gasteiger partial charge in [-0.05, 0) is 37.5 Å². The molecule has 0 aliphatic carbocycles. The molecule has 0 aliphatic heterocycles. The van der Waals surface area contributed by atoms with Crippen molar-refractivity contribution in [1.82, 2.24) is 0 Å². The first kappa shape index (κ1) is 14.4. The van der Waals surface area contributed by atoms with Crippen molar-refractivity contribution in [1.29, 1.82) is 0 Å². The van der Waals surface area contributed by atoms with Crippen LogP contribution in [0, 0.1) is 0 Å². The molecular weight excluding hydrogens is 232 g/mol. The summed E-state index contributed by atoms with van der Waals surface area (Å²) in [6.07, 6.45) is 1.37. The smallest absolute Gasteiger partial charge is 0.303 e. The van der Waals surface area contributed by atoms with Crippen molar-refractivity contribution >= 4 is 5.97 Å². The van der Waals surface area contributed by atoms with Crippen LogP contribution in [0.25, 0.3) is 0 Å². The Bertz CT molecular complexity index is 401. The van der Waals surface area contributed by atoms with Crippen molar-refractivity contribution in [3.05, 3.63) is 23.8 Å². The number of methoxy groups -OCH3 is 1. The van der Waals surface area contributed by atoms with Crippen molar-refractivity contribution in [3.8, 4) is 11.5 Å². The van der Waals surface area contributed by atoms with Crippen LogP contribution in [0.1, 0.15) is 32.3 Å². The topological polar surface area (TPSA) is 55.8 Å². The third-order valence-corrected chi connectivity index (χ3v) is 2.73. The molecule has 1 atom stereocenters. The average molecular weight is 252 g/mol. The van der Waals surface area contributed by atoms with E-state index in [1.54, 1.807) is 7.11 Å². The number of rotatable bonds is 7. The Hall–Kier alpha value is -1.71. The molecule has 1 unspecified atom stereocenters. The molecule has 0 bridgehead atoms. The van der Waals surface area contributed by atoms with Crippen LogP contribution in [0.4, 0.5) is 0 Å². The molecule has 18 heavy (non-hydrogen) atoms. The van der Waals surface area contributed by atoms with Crippen LogP contribution in [-0.4, -0.2) is 24.3 Å². The Morgan fingerprint density at radius 1 is 1.39 bits per heavy atom. The Morgan fingerprint density at radius 3 is 2.67 bits per heavy atom. The number of hydrogen-bond donors (Lipinski definition) is 1. The van der Waals surface area contributed by atoms with Gasteiger partial charge in [0.15, 0.2) is 11.5 Å². The van der Waals surface area contributed by atoms with Crippen LogP contribution >= 0.6 is 0 Å². The standard InChI is InChI=1S/C14H20O4/c1-4-11-6-7-12(13(9-11)17-3)18-10(2)5-8-14(15)16/h6-7,9-10H,4-5,8H2,1-3H3,(H,15,16). The number of carboxylic acid groups (broad SMARTS) is 1. The largest absolute Gasteiger partial charge is 0.493 e. The first-order valence-electron chi connectivity index (χ1n) is 6.12. The highest BCUT2D eigenvalue weighted by Crippen LogP contribution is 2.29. The van der Waals surface area contributed by atoms with E-state index in [0.29, 0.717) is 17.9 Å². The molecule has 0 radical (unpaired) electrons. The normalized spacial score (nSPS) is 11.9. The minimum Gasteiger partial charge on any atom is -0.493 e. The quantitative estimate of drug-likeness (QED) is 0.810. The van der Waals surface area contributed by atoms with E-state index in [-0.39, 0.29) is 12.5 Å². The van der Waals surface area contributed by atoms with Gasteiger partial charge >= 0.3 is 5.97 Å². The Kier molecular flexibility index (Phi) is 5.49. The van der Waals surface area contributed by atoms with Gasteiger partial charge < -0.3 is 14.6 Å². The molecule has 0 fully saturated rings. The predicted molar refractivity (Wildman–Crippen MR) is 69.3 cm³/mol. The van der Waals surface area contributed by atoms with Crippen molar-refractivity contribution < 1.29 is 19.4 Å². The van der Waals surface area contributed by atoms with Crippen LogP contribution in [0.3, 0.4) is 0 Å². The lowest BCUT2D eigenvalue weighted by Gasteiger charge is -2.16. The van der Waals surface area contributed by atoms with Gasteiger partial charge in [0.25, 0.3) is 0 Å². The average Bonchev–Trinajstić information content (AvgIpc) is 2.36. The number of carboxylic acids is 1. The van der Waals surface area contributed by atoms with E-state index >= 15 is 0 Å². The van der Waals surface area contributed by atoms with E-state index < -0.39 is 5.97 Å². The molecule has 4 heteroatoms. The van der Waals surface area contributed by atoms with Gasteiger partial charge in [-0.3, -0.25) is 4.79 Å². The molecule has 1 N–H and O–H groups in total. The maximum absolute atomic E-state index is 10.5. The number of aliphatic carboxylic acids is 1. The molecule has 1 aromatic rings. The summed E-state index contributed by atoms with van der Waals surface area (Å²) >= 11 is 0. The Labute approximate surface area is 108 Å². The second kappa shape index (κ2) is 6.89. The number of aryl methyl sites for hydroxylation is 1. The van der Waals surface area contributed by atoms with Crippen LogP contribution in [-0.2, 0) is 11.2 Å². The van der Waals surface area contributed by atoms with E-state index in [4.69, 9.17) is 14.6 Å². The van der Waals surface area contributed by atoms with E-state index in [0.717, 1.165) is 6.42 Å². The minimum absolute atomic E-state index is 0.108. The number of carbonyl (C=O) groups is 1. The SMILES string of the molecule is CCc1ccc(OC(C)CCC(=O)O)c(OC)c1. The molecule has 0 aromatic heterocycles. The van der Waals surface area contributed by atoms with Crippen molar-refractivity contribution in [3.63, 3.8) is 0 Å². The lowest BCUT2D eigenvalue weighted by Crippen LogP contribution is -2.14. The second-order valence-electron chi connectivity index (χ2n) is 4.20. The summed E-state index contributed by atoms with van der Waals surface area (Å²) in [7, 11) is 1.60. The second-order valence-corrected chi connectivity index (χ2v) is 4.20. The van der Waals surface area contributed by atoms with Gasteiger partial charge in [-0.1, -0.05) is 13.0 Å². The summed E-state index contributed by atoms with van der Waals surface area (Å²) < 4.78 is 11.0. The first-order valence-corrected chi connectivity index (χ1v) is 6.12. The van der Waals surface area contributed by atoms with Gasteiger partial charge in [-0.25, -0.2) is 0 Å². The van der Waals surface area contributed by atoms with Crippen molar-refractivity contribution in [2.24, 2.45) is 0 Å². The van der Waals surface area contributed by atoms with E-state index in [2.05, 4.69) is 6.92 Å². The fraction of sp³-hybridized carbons (Fsp3) is 0.500. The fourth-order valence-corrected chi connectivity index (χ4v) is 1.63. The lowest BCUT2D eigenvalue weighted by molar-refractivity contribution is -0.137. The maximum atomic E-state index is 10.5. The Balaban J connectivity index is 2.68. The highest BCUT2D eigenvalue weighted by molar-refractivity contribution is 5.66. The first-order chi connectivity index (χ1) is 8.56. The van der Waals surface area contributed by atoms with Gasteiger partial charge in [-0.15, -0.1) is 0 Å². The zero-order valence-corrected chi connectivity index (χ0v) is 11.1. The minimum atomic E-state index is -0.807. The number of ether oxygens (including phenoxy) is 2. The number of benzene rings is 1. The highest BCUT2D eigenvalue weighted by Gasteiger charge is 2.11. The molecule has 1 rings (SSSR count). The molecule has 1 aromatic carbocycles. The highest BCUT2D eigenvalue weighted by atomic mass is 16.5. The molecule has 0 spiro atoms. The monoisotopic (exact) mass is 252 g/mol. The summed E-state index contributed by atoms with van der Waals surface area (Å²) in [5.74, 6) is 0.544. The van der Waals surface area contributed by atoms with Gasteiger partial charge in [0.1, 0.15) is 0 Å². The molecule has 0 saturated heterocycles. The van der Waals surface area contributed by atoms with Gasteiger partial charge in [-0.2, -0.15) is 0 Å². The third kappa shape index (κ3) is 4.28. The molecule has 100 valence electrons. The fourth-order valence-electron chi connectivity index (χ4n) is 1.63. The van der Waals surface area contributed by atoms with E-state index in [1.165, 1.54) is 5.56 Å². The maximum Gasteiger partial charge on any atom is 0.303 e. The molecule has 0 heterocycles.